The molecule has 1 aliphatic heterocycles. The van der Waals surface area contributed by atoms with Crippen LogP contribution < -0.4 is 19.9 Å². The first-order chi connectivity index (χ1) is 16.3. The van der Waals surface area contributed by atoms with E-state index in [9.17, 15) is 18.0 Å². The smallest absolute Gasteiger partial charge is 0.417 e. The van der Waals surface area contributed by atoms with Crippen molar-refractivity contribution in [3.63, 3.8) is 0 Å². The molecule has 0 unspecified atom stereocenters. The summed E-state index contributed by atoms with van der Waals surface area (Å²) >= 11 is 6.34. The highest BCUT2D eigenvalue weighted by Crippen LogP contribution is 2.31. The maximum atomic E-state index is 12.8. The number of benzene rings is 1. The van der Waals surface area contributed by atoms with Gasteiger partial charge >= 0.3 is 6.18 Å². The van der Waals surface area contributed by atoms with Gasteiger partial charge in [0, 0.05) is 32.1 Å². The molecule has 34 heavy (non-hydrogen) atoms. The van der Waals surface area contributed by atoms with E-state index < -0.39 is 17.3 Å². The van der Waals surface area contributed by atoms with Gasteiger partial charge < -0.3 is 14.4 Å². The molecular formula is C23H22ClF3N4O3. The van der Waals surface area contributed by atoms with Gasteiger partial charge in [0.1, 0.15) is 11.1 Å². The normalized spacial score (nSPS) is 14.8. The zero-order valence-corrected chi connectivity index (χ0v) is 19.0. The maximum absolute atomic E-state index is 12.8. The van der Waals surface area contributed by atoms with E-state index in [0.29, 0.717) is 55.9 Å². The van der Waals surface area contributed by atoms with Gasteiger partial charge in [0.25, 0.3) is 5.56 Å². The number of hydrogen-bond acceptors (Lipinski definition) is 6. The second-order valence-corrected chi connectivity index (χ2v) is 8.03. The number of piperidine rings is 1. The Bertz CT molecular complexity index is 1190. The molecule has 0 amide bonds. The molecule has 0 atom stereocenters. The Morgan fingerprint density at radius 1 is 1.09 bits per heavy atom. The Kier molecular flexibility index (Phi) is 6.97. The number of alkyl halides is 3. The topological polar surface area (TPSA) is 69.5 Å². The third-order valence-corrected chi connectivity index (χ3v) is 5.77. The SMILES string of the molecule is CCOc1ccccc1OC1CCN(c2cnn(-c3ccc(C(F)(F)F)cn3)c(=O)c2Cl)CC1. The van der Waals surface area contributed by atoms with Crippen molar-refractivity contribution >= 4 is 17.3 Å². The van der Waals surface area contributed by atoms with E-state index in [0.717, 1.165) is 16.8 Å². The largest absolute Gasteiger partial charge is 0.490 e. The van der Waals surface area contributed by atoms with Crippen molar-refractivity contribution in [2.45, 2.75) is 32.0 Å². The minimum atomic E-state index is -4.52. The Hall–Kier alpha value is -3.27. The molecule has 1 aromatic carbocycles. The summed E-state index contributed by atoms with van der Waals surface area (Å²) in [5.41, 5.74) is -1.11. The zero-order chi connectivity index (χ0) is 24.3. The summed E-state index contributed by atoms with van der Waals surface area (Å²) in [6, 6.07) is 9.42. The van der Waals surface area contributed by atoms with Gasteiger partial charge in [0.05, 0.1) is 24.1 Å². The summed E-state index contributed by atoms with van der Waals surface area (Å²) in [6.45, 7) is 3.63. The molecule has 1 fully saturated rings. The van der Waals surface area contributed by atoms with Gasteiger partial charge in [0.15, 0.2) is 17.3 Å². The summed E-state index contributed by atoms with van der Waals surface area (Å²) in [7, 11) is 0. The van der Waals surface area contributed by atoms with Crippen LogP contribution in [0.4, 0.5) is 18.9 Å². The third kappa shape index (κ3) is 5.11. The highest BCUT2D eigenvalue weighted by atomic mass is 35.5. The lowest BCUT2D eigenvalue weighted by atomic mass is 10.1. The summed E-state index contributed by atoms with van der Waals surface area (Å²) in [4.78, 5) is 18.4. The van der Waals surface area contributed by atoms with Crippen molar-refractivity contribution in [2.24, 2.45) is 0 Å². The van der Waals surface area contributed by atoms with Crippen LogP contribution in [-0.4, -0.2) is 40.6 Å². The van der Waals surface area contributed by atoms with E-state index in [1.807, 2.05) is 36.1 Å². The summed E-state index contributed by atoms with van der Waals surface area (Å²) in [5, 5.41) is 4.01. The van der Waals surface area contributed by atoms with Crippen molar-refractivity contribution in [3.05, 3.63) is 69.7 Å². The predicted octanol–water partition coefficient (Wildman–Crippen LogP) is 4.75. The lowest BCUT2D eigenvalue weighted by Crippen LogP contribution is -2.39. The minimum Gasteiger partial charge on any atom is -0.490 e. The van der Waals surface area contributed by atoms with Crippen LogP contribution in [0.15, 0.2) is 53.6 Å². The monoisotopic (exact) mass is 494 g/mol. The molecule has 0 N–H and O–H groups in total. The molecule has 1 saturated heterocycles. The molecule has 0 spiro atoms. The molecule has 1 aliphatic rings. The van der Waals surface area contributed by atoms with Crippen molar-refractivity contribution in [2.75, 3.05) is 24.6 Å². The first-order valence-corrected chi connectivity index (χ1v) is 11.1. The van der Waals surface area contributed by atoms with Crippen LogP contribution in [0.3, 0.4) is 0 Å². The lowest BCUT2D eigenvalue weighted by molar-refractivity contribution is -0.137. The van der Waals surface area contributed by atoms with Gasteiger partial charge in [-0.05, 0) is 31.2 Å². The molecule has 0 aliphatic carbocycles. The van der Waals surface area contributed by atoms with Crippen LogP contribution in [0.2, 0.25) is 5.02 Å². The van der Waals surface area contributed by atoms with E-state index >= 15 is 0 Å². The number of para-hydroxylation sites is 2. The number of halogens is 4. The van der Waals surface area contributed by atoms with Crippen molar-refractivity contribution in [1.29, 1.82) is 0 Å². The van der Waals surface area contributed by atoms with Gasteiger partial charge in [0.2, 0.25) is 0 Å². The molecule has 3 heterocycles. The van der Waals surface area contributed by atoms with Crippen LogP contribution in [0.5, 0.6) is 11.5 Å². The number of aromatic nitrogens is 3. The van der Waals surface area contributed by atoms with E-state index in [4.69, 9.17) is 21.1 Å². The number of ether oxygens (including phenoxy) is 2. The number of anilines is 1. The average molecular weight is 495 g/mol. The highest BCUT2D eigenvalue weighted by Gasteiger charge is 2.31. The second kappa shape index (κ2) is 9.92. The Balaban J connectivity index is 1.45. The third-order valence-electron chi connectivity index (χ3n) is 5.42. The van der Waals surface area contributed by atoms with Gasteiger partial charge in [-0.25, -0.2) is 4.98 Å². The maximum Gasteiger partial charge on any atom is 0.417 e. The quantitative estimate of drug-likeness (QED) is 0.493. The fourth-order valence-corrected chi connectivity index (χ4v) is 3.95. The van der Waals surface area contributed by atoms with E-state index in [2.05, 4.69) is 10.1 Å². The molecule has 3 aromatic rings. The molecule has 11 heteroatoms. The van der Waals surface area contributed by atoms with Gasteiger partial charge in [-0.3, -0.25) is 4.79 Å². The molecule has 0 saturated carbocycles. The van der Waals surface area contributed by atoms with Crippen LogP contribution in [0.1, 0.15) is 25.3 Å². The number of rotatable bonds is 6. The first kappa shape index (κ1) is 23.9. The Labute approximate surface area is 198 Å². The summed E-state index contributed by atoms with van der Waals surface area (Å²) < 4.78 is 50.9. The van der Waals surface area contributed by atoms with Crippen LogP contribution in [0, 0.1) is 0 Å². The van der Waals surface area contributed by atoms with Crippen molar-refractivity contribution in [1.82, 2.24) is 14.8 Å². The first-order valence-electron chi connectivity index (χ1n) is 10.7. The van der Waals surface area contributed by atoms with E-state index in [-0.39, 0.29) is 16.9 Å². The number of hydrogen-bond donors (Lipinski definition) is 0. The van der Waals surface area contributed by atoms with Gasteiger partial charge in [-0.1, -0.05) is 23.7 Å². The van der Waals surface area contributed by atoms with Crippen molar-refractivity contribution in [3.8, 4) is 17.3 Å². The van der Waals surface area contributed by atoms with Gasteiger partial charge in [-0.15, -0.1) is 0 Å². The Morgan fingerprint density at radius 3 is 2.41 bits per heavy atom. The molecular weight excluding hydrogens is 473 g/mol. The molecule has 180 valence electrons. The predicted molar refractivity (Wildman–Crippen MR) is 121 cm³/mol. The molecule has 2 aromatic heterocycles. The molecule has 7 nitrogen and oxygen atoms in total. The van der Waals surface area contributed by atoms with Crippen LogP contribution in [0.25, 0.3) is 5.82 Å². The average Bonchev–Trinajstić information content (AvgIpc) is 2.82. The summed E-state index contributed by atoms with van der Waals surface area (Å²) in [5.74, 6) is 1.33. The zero-order valence-electron chi connectivity index (χ0n) is 18.3. The highest BCUT2D eigenvalue weighted by molar-refractivity contribution is 6.33. The fourth-order valence-electron chi connectivity index (χ4n) is 3.70. The van der Waals surface area contributed by atoms with Crippen LogP contribution >= 0.6 is 11.6 Å². The van der Waals surface area contributed by atoms with E-state index in [1.165, 1.54) is 6.20 Å². The Morgan fingerprint density at radius 2 is 1.79 bits per heavy atom. The number of nitrogens with zero attached hydrogens (tertiary/aromatic N) is 4. The van der Waals surface area contributed by atoms with E-state index in [1.54, 1.807) is 0 Å². The van der Waals surface area contributed by atoms with Gasteiger partial charge in [-0.2, -0.15) is 23.0 Å². The summed E-state index contributed by atoms with van der Waals surface area (Å²) in [6.07, 6.45) is -1.08. The lowest BCUT2D eigenvalue weighted by Gasteiger charge is -2.34. The standard InChI is InChI=1S/C23H22ClF3N4O3/c1-2-33-18-5-3-4-6-19(18)34-16-9-11-30(12-10-16)17-14-29-31(22(32)21(17)24)20-8-7-15(13-28-20)23(25,26)27/h3-8,13-14,16H,2,9-12H2,1H3. The van der Waals surface area contributed by atoms with Crippen LogP contribution in [-0.2, 0) is 6.18 Å². The number of pyridine rings is 1. The minimum absolute atomic E-state index is 0.0266. The second-order valence-electron chi connectivity index (χ2n) is 7.65. The molecule has 0 bridgehead atoms. The molecule has 0 radical (unpaired) electrons. The molecule has 4 rings (SSSR count). The van der Waals surface area contributed by atoms with Crippen molar-refractivity contribution < 1.29 is 22.6 Å². The fraction of sp³-hybridized carbons (Fsp3) is 0.348.